The van der Waals surface area contributed by atoms with Gasteiger partial charge in [0.15, 0.2) is 0 Å². The molecule has 1 aromatic rings. The van der Waals surface area contributed by atoms with E-state index in [4.69, 9.17) is 5.26 Å². The second-order valence-electron chi connectivity index (χ2n) is 5.43. The van der Waals surface area contributed by atoms with Crippen LogP contribution < -0.4 is 0 Å². The number of benzene rings is 1. The van der Waals surface area contributed by atoms with Gasteiger partial charge in [0.2, 0.25) is 0 Å². The molecule has 0 bridgehead atoms. The predicted octanol–water partition coefficient (Wildman–Crippen LogP) is 4.09. The number of rotatable bonds is 4. The first-order chi connectivity index (χ1) is 9.65. The van der Waals surface area contributed by atoms with Gasteiger partial charge >= 0.3 is 0 Å². The van der Waals surface area contributed by atoms with E-state index in [1.54, 1.807) is 6.07 Å². The van der Waals surface area contributed by atoms with Crippen LogP contribution in [0.1, 0.15) is 55.6 Å². The van der Waals surface area contributed by atoms with Crippen LogP contribution in [0.4, 0.5) is 8.78 Å². The summed E-state index contributed by atoms with van der Waals surface area (Å²) < 4.78 is 27.2. The number of hydrogen-bond acceptors (Lipinski definition) is 2. The Labute approximate surface area is 117 Å². The Hall–Kier alpha value is -1.76. The molecule has 1 aliphatic carbocycles. The van der Waals surface area contributed by atoms with Crippen molar-refractivity contribution in [3.05, 3.63) is 34.9 Å². The molecule has 1 aliphatic rings. The molecule has 0 N–H and O–H groups in total. The summed E-state index contributed by atoms with van der Waals surface area (Å²) in [6.07, 6.45) is 6.19. The van der Waals surface area contributed by atoms with E-state index in [1.807, 2.05) is 0 Å². The molecule has 1 aromatic carbocycles. The van der Waals surface area contributed by atoms with Crippen LogP contribution in [0.25, 0.3) is 0 Å². The lowest BCUT2D eigenvalue weighted by Crippen LogP contribution is -2.14. The predicted molar refractivity (Wildman–Crippen MR) is 71.1 cm³/mol. The average molecular weight is 277 g/mol. The second-order valence-corrected chi connectivity index (χ2v) is 5.43. The molecule has 106 valence electrons. The molecule has 0 saturated heterocycles. The van der Waals surface area contributed by atoms with Crippen LogP contribution >= 0.6 is 0 Å². The zero-order valence-electron chi connectivity index (χ0n) is 11.2. The number of carbonyl (C=O) groups excluding carboxylic acids is 1. The molecule has 0 aromatic heterocycles. The van der Waals surface area contributed by atoms with Crippen molar-refractivity contribution in [1.82, 2.24) is 0 Å². The fourth-order valence-electron chi connectivity index (χ4n) is 3.02. The Morgan fingerprint density at radius 1 is 1.20 bits per heavy atom. The summed E-state index contributed by atoms with van der Waals surface area (Å²) in [4.78, 5) is 10.4. The largest absolute Gasteiger partial charge is 0.303 e. The lowest BCUT2D eigenvalue weighted by molar-refractivity contribution is -0.108. The first kappa shape index (κ1) is 14.6. The van der Waals surface area contributed by atoms with Crippen LogP contribution in [0.3, 0.4) is 0 Å². The van der Waals surface area contributed by atoms with Crippen molar-refractivity contribution in [3.63, 3.8) is 0 Å². The van der Waals surface area contributed by atoms with E-state index in [0.717, 1.165) is 38.4 Å². The van der Waals surface area contributed by atoms with Crippen molar-refractivity contribution in [2.75, 3.05) is 0 Å². The lowest BCUT2D eigenvalue weighted by atomic mass is 9.77. The van der Waals surface area contributed by atoms with Crippen LogP contribution in [0.2, 0.25) is 0 Å². The first-order valence-electron chi connectivity index (χ1n) is 6.98. The van der Waals surface area contributed by atoms with Gasteiger partial charge < -0.3 is 4.79 Å². The van der Waals surface area contributed by atoms with E-state index in [-0.39, 0.29) is 5.92 Å². The quantitative estimate of drug-likeness (QED) is 0.778. The third-order valence-electron chi connectivity index (χ3n) is 4.19. The molecule has 0 heterocycles. The Morgan fingerprint density at radius 2 is 1.80 bits per heavy atom. The van der Waals surface area contributed by atoms with Gasteiger partial charge in [-0.2, -0.15) is 5.26 Å². The highest BCUT2D eigenvalue weighted by Crippen LogP contribution is 2.38. The summed E-state index contributed by atoms with van der Waals surface area (Å²) >= 11 is 0. The Kier molecular flexibility index (Phi) is 4.84. The lowest BCUT2D eigenvalue weighted by Gasteiger charge is -2.28. The van der Waals surface area contributed by atoms with Gasteiger partial charge in [-0.1, -0.05) is 0 Å². The normalized spacial score (nSPS) is 22.2. The second kappa shape index (κ2) is 6.60. The van der Waals surface area contributed by atoms with Crippen LogP contribution in [0, 0.1) is 28.9 Å². The van der Waals surface area contributed by atoms with E-state index < -0.39 is 17.2 Å². The molecule has 20 heavy (non-hydrogen) atoms. The number of nitriles is 1. The van der Waals surface area contributed by atoms with Gasteiger partial charge in [0.1, 0.15) is 29.6 Å². The molecule has 1 fully saturated rings. The van der Waals surface area contributed by atoms with E-state index in [2.05, 4.69) is 0 Å². The van der Waals surface area contributed by atoms with Crippen LogP contribution in [0.15, 0.2) is 12.1 Å². The van der Waals surface area contributed by atoms with Gasteiger partial charge in [-0.05, 0) is 61.6 Å². The van der Waals surface area contributed by atoms with Crippen molar-refractivity contribution in [2.24, 2.45) is 5.92 Å². The smallest absolute Gasteiger partial charge is 0.144 e. The van der Waals surface area contributed by atoms with Gasteiger partial charge in [0.05, 0.1) is 0 Å². The maximum absolute atomic E-state index is 13.6. The number of nitrogens with zero attached hydrogens (tertiary/aromatic N) is 1. The van der Waals surface area contributed by atoms with Gasteiger partial charge in [-0.3, -0.25) is 0 Å². The minimum atomic E-state index is -0.773. The number of halogens is 2. The summed E-state index contributed by atoms with van der Waals surface area (Å²) in [6, 6.07) is 4.12. The first-order valence-corrected chi connectivity index (χ1v) is 6.98. The highest BCUT2D eigenvalue weighted by atomic mass is 19.1. The topological polar surface area (TPSA) is 40.9 Å². The monoisotopic (exact) mass is 277 g/mol. The molecule has 0 atom stereocenters. The zero-order chi connectivity index (χ0) is 14.5. The Bertz CT molecular complexity index is 505. The highest BCUT2D eigenvalue weighted by molar-refractivity contribution is 5.49. The minimum absolute atomic E-state index is 0.152. The molecule has 1 saturated carbocycles. The van der Waals surface area contributed by atoms with Gasteiger partial charge in [0, 0.05) is 6.42 Å². The third kappa shape index (κ3) is 3.22. The number of aldehydes is 1. The molecule has 0 spiro atoms. The summed E-state index contributed by atoms with van der Waals surface area (Å²) in [5, 5.41) is 8.66. The molecule has 2 nitrogen and oxygen atoms in total. The summed E-state index contributed by atoms with van der Waals surface area (Å²) in [6.45, 7) is 0. The van der Waals surface area contributed by atoms with Crippen molar-refractivity contribution in [2.45, 2.75) is 44.4 Å². The standard InChI is InChI=1S/C16H17F2NO/c17-15-8-13(9-16(18)14(15)10-19)12-5-3-11(4-6-12)2-1-7-20/h7-9,11-12H,1-6H2. The van der Waals surface area contributed by atoms with E-state index in [0.29, 0.717) is 17.9 Å². The molecule has 0 aliphatic heterocycles. The van der Waals surface area contributed by atoms with Crippen LogP contribution in [-0.2, 0) is 4.79 Å². The average Bonchev–Trinajstić information content (AvgIpc) is 2.45. The molecule has 4 heteroatoms. The molecular formula is C16H17F2NO. The minimum Gasteiger partial charge on any atom is -0.303 e. The third-order valence-corrected chi connectivity index (χ3v) is 4.19. The van der Waals surface area contributed by atoms with Crippen LogP contribution in [-0.4, -0.2) is 6.29 Å². The van der Waals surface area contributed by atoms with E-state index in [9.17, 15) is 13.6 Å². The Morgan fingerprint density at radius 3 is 2.30 bits per heavy atom. The fourth-order valence-corrected chi connectivity index (χ4v) is 3.02. The summed E-state index contributed by atoms with van der Waals surface area (Å²) in [5.41, 5.74) is 0.140. The van der Waals surface area contributed by atoms with Crippen molar-refractivity contribution in [1.29, 1.82) is 5.26 Å². The zero-order valence-corrected chi connectivity index (χ0v) is 11.2. The fraction of sp³-hybridized carbons (Fsp3) is 0.500. The maximum Gasteiger partial charge on any atom is 0.144 e. The van der Waals surface area contributed by atoms with Gasteiger partial charge in [-0.15, -0.1) is 0 Å². The molecule has 0 amide bonds. The van der Waals surface area contributed by atoms with Gasteiger partial charge in [0.25, 0.3) is 0 Å². The van der Waals surface area contributed by atoms with Crippen LogP contribution in [0.5, 0.6) is 0 Å². The van der Waals surface area contributed by atoms with Gasteiger partial charge in [-0.25, -0.2) is 8.78 Å². The van der Waals surface area contributed by atoms with E-state index >= 15 is 0 Å². The summed E-state index contributed by atoms with van der Waals surface area (Å²) in [5.74, 6) is -0.847. The Balaban J connectivity index is 2.04. The van der Waals surface area contributed by atoms with Crippen molar-refractivity contribution < 1.29 is 13.6 Å². The van der Waals surface area contributed by atoms with Crippen molar-refractivity contribution in [3.8, 4) is 6.07 Å². The van der Waals surface area contributed by atoms with E-state index in [1.165, 1.54) is 12.1 Å². The maximum atomic E-state index is 13.6. The SMILES string of the molecule is N#Cc1c(F)cc(C2CCC(CCC=O)CC2)cc1F. The highest BCUT2D eigenvalue weighted by Gasteiger charge is 2.24. The molecule has 0 unspecified atom stereocenters. The summed E-state index contributed by atoms with van der Waals surface area (Å²) in [7, 11) is 0. The number of carbonyl (C=O) groups is 1. The molecular weight excluding hydrogens is 260 g/mol. The number of hydrogen-bond donors (Lipinski definition) is 0. The van der Waals surface area contributed by atoms with Crippen molar-refractivity contribution >= 4 is 6.29 Å². The molecule has 0 radical (unpaired) electrons. The molecule has 2 rings (SSSR count).